The van der Waals surface area contributed by atoms with Crippen molar-refractivity contribution in [2.45, 2.75) is 39.6 Å². The molecule has 0 aliphatic rings. The quantitative estimate of drug-likeness (QED) is 0.689. The zero-order chi connectivity index (χ0) is 10.1. The lowest BCUT2D eigenvalue weighted by Gasteiger charge is -2.28. The van der Waals surface area contributed by atoms with Crippen LogP contribution in [0.1, 0.15) is 39.6 Å². The molecule has 0 fully saturated rings. The molecule has 1 aromatic heterocycles. The zero-order valence-corrected chi connectivity index (χ0v) is 9.34. The molecule has 0 aliphatic heterocycles. The topological polar surface area (TPSA) is 30.7 Å². The molecule has 74 valence electrons. The molecule has 0 aromatic carbocycles. The Kier molecular flexibility index (Phi) is 2.96. The van der Waals surface area contributed by atoms with Gasteiger partial charge in [-0.25, -0.2) is 0 Å². The minimum absolute atomic E-state index is 0.198. The first-order valence-corrected chi connectivity index (χ1v) is 4.94. The van der Waals surface area contributed by atoms with Gasteiger partial charge in [0, 0.05) is 6.04 Å². The Labute approximate surface area is 84.1 Å². The van der Waals surface area contributed by atoms with E-state index in [0.29, 0.717) is 11.9 Å². The molecule has 0 amide bonds. The van der Waals surface area contributed by atoms with Gasteiger partial charge in [0.2, 0.25) is 0 Å². The second-order valence-electron chi connectivity index (χ2n) is 4.33. The lowest BCUT2D eigenvalue weighted by molar-refractivity contribution is 0.258. The van der Waals surface area contributed by atoms with Crippen LogP contribution in [0.2, 0.25) is 0 Å². The number of aromatic nitrogens is 3. The van der Waals surface area contributed by atoms with E-state index in [4.69, 9.17) is 11.6 Å². The predicted octanol–water partition coefficient (Wildman–Crippen LogP) is 2.62. The summed E-state index contributed by atoms with van der Waals surface area (Å²) in [6.07, 6.45) is 1.74. The van der Waals surface area contributed by atoms with Gasteiger partial charge in [0.05, 0.1) is 5.88 Å². The van der Waals surface area contributed by atoms with Crippen molar-refractivity contribution in [1.29, 1.82) is 0 Å². The summed E-state index contributed by atoms with van der Waals surface area (Å²) in [6, 6.07) is 0.358. The van der Waals surface area contributed by atoms with Crippen LogP contribution in [-0.4, -0.2) is 14.8 Å². The first-order valence-electron chi connectivity index (χ1n) is 4.41. The van der Waals surface area contributed by atoms with E-state index in [2.05, 4.69) is 37.9 Å². The minimum Gasteiger partial charge on any atom is -0.313 e. The van der Waals surface area contributed by atoms with E-state index in [0.717, 1.165) is 5.82 Å². The van der Waals surface area contributed by atoms with E-state index in [1.165, 1.54) is 0 Å². The van der Waals surface area contributed by atoms with Crippen LogP contribution in [0.25, 0.3) is 0 Å². The number of rotatable bonds is 2. The molecule has 0 saturated carbocycles. The molecule has 0 radical (unpaired) electrons. The summed E-state index contributed by atoms with van der Waals surface area (Å²) in [5, 5.41) is 7.81. The van der Waals surface area contributed by atoms with Crippen molar-refractivity contribution in [2.24, 2.45) is 5.41 Å². The third-order valence-electron chi connectivity index (χ3n) is 2.44. The van der Waals surface area contributed by atoms with Gasteiger partial charge < -0.3 is 4.57 Å². The average Bonchev–Trinajstić information content (AvgIpc) is 2.48. The fourth-order valence-electron chi connectivity index (χ4n) is 1.10. The maximum atomic E-state index is 5.74. The Morgan fingerprint density at radius 2 is 2.15 bits per heavy atom. The van der Waals surface area contributed by atoms with Gasteiger partial charge in [-0.2, -0.15) is 0 Å². The molecular weight excluding hydrogens is 186 g/mol. The van der Waals surface area contributed by atoms with E-state index < -0.39 is 0 Å². The van der Waals surface area contributed by atoms with Crippen LogP contribution in [0.5, 0.6) is 0 Å². The molecule has 1 atom stereocenters. The van der Waals surface area contributed by atoms with Gasteiger partial charge in [-0.3, -0.25) is 0 Å². The van der Waals surface area contributed by atoms with Gasteiger partial charge in [0.25, 0.3) is 0 Å². The van der Waals surface area contributed by atoms with Crippen molar-refractivity contribution in [1.82, 2.24) is 14.8 Å². The fraction of sp³-hybridized carbons (Fsp3) is 0.778. The van der Waals surface area contributed by atoms with Crippen LogP contribution in [0.3, 0.4) is 0 Å². The third-order valence-corrected chi connectivity index (χ3v) is 2.68. The maximum absolute atomic E-state index is 5.74. The standard InChI is InChI=1S/C9H16ClN3/c1-7(9(2,3)4)13-6-11-12-8(13)5-10/h6-7H,5H2,1-4H3. The molecule has 0 saturated heterocycles. The highest BCUT2D eigenvalue weighted by molar-refractivity contribution is 6.16. The fourth-order valence-corrected chi connectivity index (χ4v) is 1.29. The summed E-state index contributed by atoms with van der Waals surface area (Å²) in [6.45, 7) is 8.72. The lowest BCUT2D eigenvalue weighted by atomic mass is 9.88. The summed E-state index contributed by atoms with van der Waals surface area (Å²) in [4.78, 5) is 0. The molecule has 1 rings (SSSR count). The lowest BCUT2D eigenvalue weighted by Crippen LogP contribution is -2.22. The highest BCUT2D eigenvalue weighted by Crippen LogP contribution is 2.30. The second-order valence-corrected chi connectivity index (χ2v) is 4.60. The highest BCUT2D eigenvalue weighted by Gasteiger charge is 2.23. The van der Waals surface area contributed by atoms with E-state index >= 15 is 0 Å². The smallest absolute Gasteiger partial charge is 0.148 e. The van der Waals surface area contributed by atoms with Crippen LogP contribution >= 0.6 is 11.6 Å². The number of hydrogen-bond acceptors (Lipinski definition) is 2. The Morgan fingerprint density at radius 3 is 2.62 bits per heavy atom. The van der Waals surface area contributed by atoms with Crippen LogP contribution in [-0.2, 0) is 5.88 Å². The largest absolute Gasteiger partial charge is 0.313 e. The molecule has 0 N–H and O–H groups in total. The molecule has 3 nitrogen and oxygen atoms in total. The van der Waals surface area contributed by atoms with Gasteiger partial charge in [-0.1, -0.05) is 20.8 Å². The second kappa shape index (κ2) is 3.66. The number of hydrogen-bond donors (Lipinski definition) is 0. The van der Waals surface area contributed by atoms with Crippen molar-refractivity contribution in [2.75, 3.05) is 0 Å². The van der Waals surface area contributed by atoms with Gasteiger partial charge in [0.15, 0.2) is 0 Å². The highest BCUT2D eigenvalue weighted by atomic mass is 35.5. The molecule has 0 bridgehead atoms. The van der Waals surface area contributed by atoms with Crippen molar-refractivity contribution < 1.29 is 0 Å². The molecule has 13 heavy (non-hydrogen) atoms. The summed E-state index contributed by atoms with van der Waals surface area (Å²) in [5.41, 5.74) is 0.198. The molecular formula is C9H16ClN3. The van der Waals surface area contributed by atoms with Crippen LogP contribution in [0.4, 0.5) is 0 Å². The zero-order valence-electron chi connectivity index (χ0n) is 8.58. The predicted molar refractivity (Wildman–Crippen MR) is 53.7 cm³/mol. The molecule has 1 aromatic rings. The van der Waals surface area contributed by atoms with E-state index in [9.17, 15) is 0 Å². The van der Waals surface area contributed by atoms with Crippen molar-refractivity contribution in [3.05, 3.63) is 12.2 Å². The first-order chi connectivity index (χ1) is 5.96. The number of nitrogens with zero attached hydrogens (tertiary/aromatic N) is 3. The summed E-state index contributed by atoms with van der Waals surface area (Å²) in [7, 11) is 0. The van der Waals surface area contributed by atoms with Crippen molar-refractivity contribution >= 4 is 11.6 Å². The van der Waals surface area contributed by atoms with Gasteiger partial charge in [0.1, 0.15) is 12.2 Å². The van der Waals surface area contributed by atoms with Crippen LogP contribution in [0, 0.1) is 5.41 Å². The molecule has 1 unspecified atom stereocenters. The van der Waals surface area contributed by atoms with Gasteiger partial charge >= 0.3 is 0 Å². The average molecular weight is 202 g/mol. The van der Waals surface area contributed by atoms with E-state index in [1.807, 2.05) is 4.57 Å². The van der Waals surface area contributed by atoms with E-state index in [-0.39, 0.29) is 5.41 Å². The Hall–Kier alpha value is -0.570. The normalized spacial score (nSPS) is 14.5. The maximum Gasteiger partial charge on any atom is 0.148 e. The van der Waals surface area contributed by atoms with Crippen molar-refractivity contribution in [3.63, 3.8) is 0 Å². The first kappa shape index (κ1) is 10.5. The number of alkyl halides is 1. The summed E-state index contributed by atoms with van der Waals surface area (Å²) < 4.78 is 2.03. The Morgan fingerprint density at radius 1 is 1.54 bits per heavy atom. The Bertz CT molecular complexity index is 275. The SMILES string of the molecule is CC(n1cnnc1CCl)C(C)(C)C. The van der Waals surface area contributed by atoms with Gasteiger partial charge in [-0.15, -0.1) is 21.8 Å². The van der Waals surface area contributed by atoms with E-state index in [1.54, 1.807) is 6.33 Å². The van der Waals surface area contributed by atoms with Gasteiger partial charge in [-0.05, 0) is 12.3 Å². The summed E-state index contributed by atoms with van der Waals surface area (Å²) >= 11 is 5.74. The molecule has 4 heteroatoms. The third kappa shape index (κ3) is 2.21. The monoisotopic (exact) mass is 201 g/mol. The van der Waals surface area contributed by atoms with Crippen LogP contribution in [0.15, 0.2) is 6.33 Å². The van der Waals surface area contributed by atoms with Crippen molar-refractivity contribution in [3.8, 4) is 0 Å². The molecule has 0 aliphatic carbocycles. The summed E-state index contributed by atoms with van der Waals surface area (Å²) in [5.74, 6) is 1.25. The Balaban J connectivity index is 2.94. The molecule has 0 spiro atoms. The van der Waals surface area contributed by atoms with Crippen LogP contribution < -0.4 is 0 Å². The number of halogens is 1. The molecule has 1 heterocycles. The minimum atomic E-state index is 0.198.